The molecule has 1 atom stereocenters. The maximum absolute atomic E-state index is 13.3. The third-order valence-corrected chi connectivity index (χ3v) is 6.05. The van der Waals surface area contributed by atoms with Crippen molar-refractivity contribution in [2.75, 3.05) is 4.90 Å². The number of nitro groups is 1. The van der Waals surface area contributed by atoms with Gasteiger partial charge in [-0.1, -0.05) is 55.8 Å². The second-order valence-electron chi connectivity index (χ2n) is 8.59. The monoisotopic (exact) mass is 424 g/mol. The van der Waals surface area contributed by atoms with Crippen LogP contribution in [0.5, 0.6) is 0 Å². The Morgan fingerprint density at radius 1 is 1.10 bits per heavy atom. The normalized spacial score (nSPS) is 20.9. The van der Waals surface area contributed by atoms with E-state index in [1.807, 2.05) is 44.2 Å². The van der Waals surface area contributed by atoms with E-state index in [9.17, 15) is 19.7 Å². The van der Waals surface area contributed by atoms with Crippen LogP contribution in [-0.4, -0.2) is 16.6 Å². The molecule has 154 valence electrons. The average molecular weight is 425 g/mol. The highest BCUT2D eigenvalue weighted by atomic mass is 35.5. The van der Waals surface area contributed by atoms with Crippen molar-refractivity contribution in [1.29, 1.82) is 0 Å². The number of amides is 1. The maximum Gasteiger partial charge on any atom is 0.289 e. The molecule has 1 amide bonds. The minimum Gasteiger partial charge on any atom is -0.294 e. The van der Waals surface area contributed by atoms with Crippen LogP contribution in [0.4, 0.5) is 11.4 Å². The van der Waals surface area contributed by atoms with Crippen molar-refractivity contribution in [3.05, 3.63) is 80.5 Å². The van der Waals surface area contributed by atoms with Crippen molar-refractivity contribution >= 4 is 34.7 Å². The number of ketones is 1. The van der Waals surface area contributed by atoms with Crippen molar-refractivity contribution < 1.29 is 14.5 Å². The number of carbonyl (C=O) groups excluding carboxylic acids is 2. The molecule has 1 aliphatic heterocycles. The predicted molar refractivity (Wildman–Crippen MR) is 114 cm³/mol. The zero-order valence-electron chi connectivity index (χ0n) is 16.7. The second kappa shape index (κ2) is 7.36. The van der Waals surface area contributed by atoms with Gasteiger partial charge in [0.05, 0.1) is 10.6 Å². The third kappa shape index (κ3) is 3.52. The summed E-state index contributed by atoms with van der Waals surface area (Å²) in [6, 6.07) is 13.9. The van der Waals surface area contributed by atoms with Gasteiger partial charge in [0.15, 0.2) is 5.78 Å². The van der Waals surface area contributed by atoms with E-state index in [0.29, 0.717) is 29.8 Å². The Morgan fingerprint density at radius 2 is 1.80 bits per heavy atom. The van der Waals surface area contributed by atoms with Gasteiger partial charge >= 0.3 is 0 Å². The van der Waals surface area contributed by atoms with Gasteiger partial charge in [-0.2, -0.15) is 0 Å². The number of nitrogens with zero attached hydrogens (tertiary/aromatic N) is 2. The molecule has 0 saturated carbocycles. The van der Waals surface area contributed by atoms with Gasteiger partial charge in [-0.05, 0) is 29.5 Å². The van der Waals surface area contributed by atoms with Gasteiger partial charge in [0.2, 0.25) is 5.91 Å². The maximum atomic E-state index is 13.3. The van der Waals surface area contributed by atoms with E-state index < -0.39 is 4.92 Å². The summed E-state index contributed by atoms with van der Waals surface area (Å²) < 4.78 is 0. The molecule has 2 aromatic rings. The van der Waals surface area contributed by atoms with Gasteiger partial charge in [0.25, 0.3) is 5.69 Å². The molecule has 7 heteroatoms. The zero-order valence-corrected chi connectivity index (χ0v) is 17.5. The van der Waals surface area contributed by atoms with Gasteiger partial charge in [0.1, 0.15) is 5.02 Å². The van der Waals surface area contributed by atoms with Crippen LogP contribution < -0.4 is 4.90 Å². The highest BCUT2D eigenvalue weighted by Crippen LogP contribution is 2.48. The van der Waals surface area contributed by atoms with Gasteiger partial charge in [-0.15, -0.1) is 0 Å². The molecular formula is C23H21ClN2O4. The number of carbonyl (C=O) groups is 2. The van der Waals surface area contributed by atoms with Gasteiger partial charge in [0, 0.05) is 36.1 Å². The minimum absolute atomic E-state index is 0.00428. The molecule has 0 saturated heterocycles. The largest absolute Gasteiger partial charge is 0.294 e. The lowest BCUT2D eigenvalue weighted by Crippen LogP contribution is -2.43. The van der Waals surface area contributed by atoms with Crippen molar-refractivity contribution in [3.63, 3.8) is 0 Å². The summed E-state index contributed by atoms with van der Waals surface area (Å²) in [7, 11) is 0. The molecule has 2 aromatic carbocycles. The lowest BCUT2D eigenvalue weighted by molar-refractivity contribution is -0.384. The predicted octanol–water partition coefficient (Wildman–Crippen LogP) is 5.41. The van der Waals surface area contributed by atoms with Crippen LogP contribution >= 0.6 is 11.6 Å². The molecule has 1 unspecified atom stereocenters. The molecule has 30 heavy (non-hydrogen) atoms. The number of benzene rings is 2. The average Bonchev–Trinajstić information content (AvgIpc) is 2.67. The number of hydrogen-bond acceptors (Lipinski definition) is 4. The molecule has 0 bridgehead atoms. The molecule has 0 fully saturated rings. The number of nitro benzene ring substituents is 1. The fourth-order valence-corrected chi connectivity index (χ4v) is 4.65. The summed E-state index contributed by atoms with van der Waals surface area (Å²) in [5.74, 6) is -0.475. The molecular weight excluding hydrogens is 404 g/mol. The quantitative estimate of drug-likeness (QED) is 0.487. The molecule has 4 rings (SSSR count). The first kappa shape index (κ1) is 20.3. The third-order valence-electron chi connectivity index (χ3n) is 5.73. The van der Waals surface area contributed by atoms with E-state index in [2.05, 4.69) is 0 Å². The summed E-state index contributed by atoms with van der Waals surface area (Å²) >= 11 is 5.96. The van der Waals surface area contributed by atoms with Crippen molar-refractivity contribution in [2.45, 2.75) is 39.0 Å². The molecule has 0 spiro atoms. The summed E-state index contributed by atoms with van der Waals surface area (Å²) in [6.07, 6.45) is 1.06. The molecule has 0 aromatic heterocycles. The first-order chi connectivity index (χ1) is 14.2. The fraction of sp³-hybridized carbons (Fsp3) is 0.304. The van der Waals surface area contributed by atoms with E-state index in [0.717, 1.165) is 5.56 Å². The molecule has 1 aliphatic carbocycles. The number of halogens is 1. The van der Waals surface area contributed by atoms with Crippen molar-refractivity contribution in [3.8, 4) is 0 Å². The van der Waals surface area contributed by atoms with Crippen LogP contribution in [0, 0.1) is 15.5 Å². The summed E-state index contributed by atoms with van der Waals surface area (Å²) in [4.78, 5) is 38.8. The van der Waals surface area contributed by atoms with Gasteiger partial charge in [-0.3, -0.25) is 24.6 Å². The van der Waals surface area contributed by atoms with Crippen LogP contribution in [0.1, 0.15) is 44.6 Å². The Labute approximate surface area is 179 Å². The minimum atomic E-state index is -0.571. The highest BCUT2D eigenvalue weighted by Gasteiger charge is 2.44. The highest BCUT2D eigenvalue weighted by molar-refractivity contribution is 6.32. The second-order valence-corrected chi connectivity index (χ2v) is 9.00. The fourth-order valence-electron chi connectivity index (χ4n) is 4.47. The van der Waals surface area contributed by atoms with Gasteiger partial charge in [-0.25, -0.2) is 0 Å². The standard InChI is InChI=1S/C23H21ClN2O4/c1-23(2)12-19-22(20(27)13-23)16(14-6-4-3-5-7-14)11-21(28)25(19)15-8-9-17(24)18(10-15)26(29)30/h3-10,16H,11-13H2,1-2H3. The lowest BCUT2D eigenvalue weighted by Gasteiger charge is -2.42. The number of Topliss-reactive ketones (excluding diaryl/α,β-unsaturated/α-hetero) is 1. The molecule has 1 heterocycles. The Hall–Kier alpha value is -2.99. The smallest absolute Gasteiger partial charge is 0.289 e. The number of hydrogen-bond donors (Lipinski definition) is 0. The Kier molecular flexibility index (Phi) is 4.98. The SMILES string of the molecule is CC1(C)CC(=O)C2=C(C1)N(c1ccc(Cl)c([N+](=O)[O-])c1)C(=O)CC2c1ccccc1. The summed E-state index contributed by atoms with van der Waals surface area (Å²) in [5.41, 5.74) is 1.98. The number of rotatable bonds is 3. The van der Waals surface area contributed by atoms with E-state index in [1.165, 1.54) is 17.0 Å². The van der Waals surface area contributed by atoms with Crippen LogP contribution in [0.2, 0.25) is 5.02 Å². The number of allylic oxidation sites excluding steroid dienone is 2. The Balaban J connectivity index is 1.91. The van der Waals surface area contributed by atoms with Crippen molar-refractivity contribution in [1.82, 2.24) is 0 Å². The van der Waals surface area contributed by atoms with Crippen LogP contribution in [-0.2, 0) is 9.59 Å². The van der Waals surface area contributed by atoms with Crippen molar-refractivity contribution in [2.24, 2.45) is 5.41 Å². The topological polar surface area (TPSA) is 80.5 Å². The zero-order chi connectivity index (χ0) is 21.6. The summed E-state index contributed by atoms with van der Waals surface area (Å²) in [5, 5.41) is 11.4. The molecule has 0 radical (unpaired) electrons. The summed E-state index contributed by atoms with van der Waals surface area (Å²) in [6.45, 7) is 3.99. The molecule has 6 nitrogen and oxygen atoms in total. The van der Waals surface area contributed by atoms with E-state index in [4.69, 9.17) is 11.6 Å². The molecule has 0 N–H and O–H groups in total. The lowest BCUT2D eigenvalue weighted by atomic mass is 9.69. The van der Waals surface area contributed by atoms with E-state index in [-0.39, 0.29) is 40.2 Å². The van der Waals surface area contributed by atoms with Gasteiger partial charge < -0.3 is 0 Å². The number of anilines is 1. The van der Waals surface area contributed by atoms with E-state index >= 15 is 0 Å². The van der Waals surface area contributed by atoms with Crippen LogP contribution in [0.15, 0.2) is 59.8 Å². The first-order valence-corrected chi connectivity index (χ1v) is 10.1. The Bertz CT molecular complexity index is 1090. The molecule has 2 aliphatic rings. The van der Waals surface area contributed by atoms with Crippen LogP contribution in [0.3, 0.4) is 0 Å². The van der Waals surface area contributed by atoms with Crippen LogP contribution in [0.25, 0.3) is 0 Å². The first-order valence-electron chi connectivity index (χ1n) is 9.76. The van der Waals surface area contributed by atoms with E-state index in [1.54, 1.807) is 6.07 Å². The Morgan fingerprint density at radius 3 is 2.47 bits per heavy atom.